The van der Waals surface area contributed by atoms with Gasteiger partial charge in [-0.25, -0.2) is 0 Å². The zero-order chi connectivity index (χ0) is 14.6. The first-order valence-corrected chi connectivity index (χ1v) is 6.46. The number of ketones is 1. The lowest BCUT2D eigenvalue weighted by Crippen LogP contribution is -2.66. The Morgan fingerprint density at radius 1 is 1.33 bits per heavy atom. The van der Waals surface area contributed by atoms with E-state index in [0.717, 1.165) is 6.42 Å². The van der Waals surface area contributed by atoms with E-state index >= 15 is 0 Å². The summed E-state index contributed by atoms with van der Waals surface area (Å²) in [5, 5.41) is 15.6. The predicted octanol–water partition coefficient (Wildman–Crippen LogP) is -0.492. The SMILES string of the molecule is CNC(C)(C)CC(C)(C)C(NCC([NH3+])O)C(C)=O. The lowest BCUT2D eigenvalue weighted by molar-refractivity contribution is -0.479. The van der Waals surface area contributed by atoms with Crippen LogP contribution >= 0.6 is 0 Å². The third-order valence-corrected chi connectivity index (χ3v) is 3.32. The minimum atomic E-state index is -0.694. The van der Waals surface area contributed by atoms with E-state index in [1.807, 2.05) is 7.05 Å². The third-order valence-electron chi connectivity index (χ3n) is 3.32. The van der Waals surface area contributed by atoms with E-state index in [1.165, 1.54) is 0 Å². The average molecular weight is 260 g/mol. The van der Waals surface area contributed by atoms with Crippen molar-refractivity contribution in [3.8, 4) is 0 Å². The Hall–Kier alpha value is -0.490. The van der Waals surface area contributed by atoms with Gasteiger partial charge in [-0.05, 0) is 39.7 Å². The Balaban J connectivity index is 4.81. The van der Waals surface area contributed by atoms with Crippen LogP contribution < -0.4 is 16.4 Å². The summed E-state index contributed by atoms with van der Waals surface area (Å²) in [5.74, 6) is 0.0903. The fourth-order valence-electron chi connectivity index (χ4n) is 2.55. The van der Waals surface area contributed by atoms with E-state index in [4.69, 9.17) is 0 Å². The minimum Gasteiger partial charge on any atom is -0.344 e. The first-order valence-electron chi connectivity index (χ1n) is 6.46. The molecule has 0 heterocycles. The fraction of sp³-hybridized carbons (Fsp3) is 0.923. The van der Waals surface area contributed by atoms with Crippen molar-refractivity contribution in [2.24, 2.45) is 5.41 Å². The highest BCUT2D eigenvalue weighted by Crippen LogP contribution is 2.31. The van der Waals surface area contributed by atoms with Crippen LogP contribution in [0.1, 0.15) is 41.0 Å². The normalized spacial score (nSPS) is 16.4. The van der Waals surface area contributed by atoms with Crippen LogP contribution in [0.25, 0.3) is 0 Å². The van der Waals surface area contributed by atoms with Crippen molar-refractivity contribution in [3.63, 3.8) is 0 Å². The molecule has 0 bridgehead atoms. The highest BCUT2D eigenvalue weighted by molar-refractivity contribution is 5.82. The Bertz CT molecular complexity index is 275. The van der Waals surface area contributed by atoms with Gasteiger partial charge in [-0.2, -0.15) is 0 Å². The van der Waals surface area contributed by atoms with Gasteiger partial charge in [0.25, 0.3) is 0 Å². The zero-order valence-electron chi connectivity index (χ0n) is 12.6. The van der Waals surface area contributed by atoms with Gasteiger partial charge in [-0.1, -0.05) is 13.8 Å². The maximum absolute atomic E-state index is 11.8. The van der Waals surface area contributed by atoms with Gasteiger partial charge in [0, 0.05) is 5.54 Å². The van der Waals surface area contributed by atoms with Crippen molar-refractivity contribution in [2.45, 2.75) is 58.8 Å². The Kier molecular flexibility index (Phi) is 6.43. The summed E-state index contributed by atoms with van der Waals surface area (Å²) >= 11 is 0. The molecule has 0 amide bonds. The fourth-order valence-corrected chi connectivity index (χ4v) is 2.55. The molecule has 0 aliphatic carbocycles. The number of aliphatic hydroxyl groups excluding tert-OH is 1. The number of Topliss-reactive ketones (excluding diaryl/α,β-unsaturated/α-hetero) is 1. The predicted molar refractivity (Wildman–Crippen MR) is 72.9 cm³/mol. The number of rotatable bonds is 8. The molecule has 2 unspecified atom stereocenters. The molecule has 0 fully saturated rings. The molecule has 0 radical (unpaired) electrons. The average Bonchev–Trinajstić information content (AvgIpc) is 2.14. The number of nitrogens with one attached hydrogen (secondary N) is 2. The van der Waals surface area contributed by atoms with Gasteiger partial charge >= 0.3 is 0 Å². The van der Waals surface area contributed by atoms with E-state index in [0.29, 0.717) is 6.54 Å². The molecule has 2 atom stereocenters. The Labute approximate surface area is 111 Å². The van der Waals surface area contributed by atoms with Gasteiger partial charge in [0.05, 0.1) is 12.6 Å². The Morgan fingerprint density at radius 2 is 1.83 bits per heavy atom. The van der Waals surface area contributed by atoms with Crippen molar-refractivity contribution < 1.29 is 15.6 Å². The molecule has 0 aliphatic heterocycles. The number of quaternary nitrogens is 1. The van der Waals surface area contributed by atoms with Crippen LogP contribution in [-0.2, 0) is 4.79 Å². The summed E-state index contributed by atoms with van der Waals surface area (Å²) in [6.45, 7) is 10.3. The Morgan fingerprint density at radius 3 is 2.17 bits per heavy atom. The minimum absolute atomic E-state index is 0.0397. The van der Waals surface area contributed by atoms with E-state index in [2.05, 4.69) is 44.1 Å². The first kappa shape index (κ1) is 17.5. The molecule has 18 heavy (non-hydrogen) atoms. The highest BCUT2D eigenvalue weighted by atomic mass is 16.3. The van der Waals surface area contributed by atoms with Gasteiger partial charge in [-0.15, -0.1) is 0 Å². The number of hydrogen-bond acceptors (Lipinski definition) is 4. The maximum atomic E-state index is 11.8. The molecule has 5 nitrogen and oxygen atoms in total. The van der Waals surface area contributed by atoms with Crippen LogP contribution in [0.4, 0.5) is 0 Å². The van der Waals surface area contributed by atoms with E-state index in [-0.39, 0.29) is 22.8 Å². The second kappa shape index (κ2) is 6.61. The summed E-state index contributed by atoms with van der Waals surface area (Å²) < 4.78 is 0. The summed E-state index contributed by atoms with van der Waals surface area (Å²) in [6.07, 6.45) is 0.154. The summed E-state index contributed by atoms with van der Waals surface area (Å²) in [4.78, 5) is 11.8. The van der Waals surface area contributed by atoms with Gasteiger partial charge in [0.1, 0.15) is 5.78 Å². The van der Waals surface area contributed by atoms with Crippen LogP contribution in [0.15, 0.2) is 0 Å². The van der Waals surface area contributed by atoms with E-state index in [9.17, 15) is 9.90 Å². The van der Waals surface area contributed by atoms with E-state index in [1.54, 1.807) is 6.92 Å². The zero-order valence-corrected chi connectivity index (χ0v) is 12.6. The number of aliphatic hydroxyl groups is 1. The van der Waals surface area contributed by atoms with Crippen LogP contribution in [0.2, 0.25) is 0 Å². The molecule has 0 rings (SSSR count). The molecule has 0 spiro atoms. The second-order valence-electron chi connectivity index (χ2n) is 6.40. The molecular formula is C13H30N3O2+. The molecule has 0 saturated carbocycles. The lowest BCUT2D eigenvalue weighted by Gasteiger charge is -2.39. The standard InChI is InChI=1S/C13H29N3O2/c1-9(17)11(16-7-10(14)18)12(2,3)8-13(4,5)15-6/h10-11,15-16,18H,7-8,14H2,1-6H3/p+1. The molecule has 0 aliphatic rings. The first-order chi connectivity index (χ1) is 8.02. The van der Waals surface area contributed by atoms with Crippen molar-refractivity contribution in [3.05, 3.63) is 0 Å². The largest absolute Gasteiger partial charge is 0.344 e. The molecule has 0 saturated heterocycles. The molecule has 0 aromatic heterocycles. The van der Waals surface area contributed by atoms with Crippen molar-refractivity contribution >= 4 is 5.78 Å². The quantitative estimate of drug-likeness (QED) is 0.443. The second-order valence-corrected chi connectivity index (χ2v) is 6.40. The van der Waals surface area contributed by atoms with E-state index < -0.39 is 6.23 Å². The molecule has 0 aromatic rings. The number of carbonyl (C=O) groups is 1. The van der Waals surface area contributed by atoms with Crippen molar-refractivity contribution in [2.75, 3.05) is 13.6 Å². The van der Waals surface area contributed by atoms with Crippen LogP contribution in [0.5, 0.6) is 0 Å². The molecule has 6 N–H and O–H groups in total. The maximum Gasteiger partial charge on any atom is 0.198 e. The van der Waals surface area contributed by atoms with Gasteiger partial charge in [-0.3, -0.25) is 10.1 Å². The monoisotopic (exact) mass is 260 g/mol. The summed E-state index contributed by atoms with van der Waals surface area (Å²) in [5.41, 5.74) is 3.27. The summed E-state index contributed by atoms with van der Waals surface area (Å²) in [7, 11) is 1.92. The van der Waals surface area contributed by atoms with Crippen LogP contribution in [0, 0.1) is 5.41 Å². The van der Waals surface area contributed by atoms with Gasteiger partial charge in [0.2, 0.25) is 0 Å². The smallest absolute Gasteiger partial charge is 0.198 e. The van der Waals surface area contributed by atoms with Crippen molar-refractivity contribution in [1.82, 2.24) is 10.6 Å². The molecule has 0 aromatic carbocycles. The highest BCUT2D eigenvalue weighted by Gasteiger charge is 2.37. The molecule has 5 heteroatoms. The van der Waals surface area contributed by atoms with Crippen LogP contribution in [-0.4, -0.2) is 42.3 Å². The summed E-state index contributed by atoms with van der Waals surface area (Å²) in [6, 6.07) is -0.276. The lowest BCUT2D eigenvalue weighted by atomic mass is 9.73. The molecule has 108 valence electrons. The number of carbonyl (C=O) groups excluding carboxylic acids is 1. The molecular weight excluding hydrogens is 230 g/mol. The number of hydrogen-bond donors (Lipinski definition) is 4. The van der Waals surface area contributed by atoms with Gasteiger partial charge in [0.15, 0.2) is 6.23 Å². The third kappa shape index (κ3) is 5.91. The topological polar surface area (TPSA) is 89.0 Å². The van der Waals surface area contributed by atoms with Gasteiger partial charge < -0.3 is 16.2 Å². The van der Waals surface area contributed by atoms with Crippen LogP contribution in [0.3, 0.4) is 0 Å². The van der Waals surface area contributed by atoms with Crippen molar-refractivity contribution in [1.29, 1.82) is 0 Å².